The van der Waals surface area contributed by atoms with Crippen molar-refractivity contribution in [1.29, 1.82) is 0 Å². The van der Waals surface area contributed by atoms with Crippen molar-refractivity contribution >= 4 is 42.9 Å². The van der Waals surface area contributed by atoms with E-state index in [0.29, 0.717) is 12.1 Å². The normalized spacial score (nSPS) is 11.4. The summed E-state index contributed by atoms with van der Waals surface area (Å²) in [5.41, 5.74) is 0.0852. The van der Waals surface area contributed by atoms with Gasteiger partial charge in [0.15, 0.2) is 0 Å². The molecular formula is C19H26FN3O4SSi. The van der Waals surface area contributed by atoms with Crippen LogP contribution in [-0.4, -0.2) is 42.2 Å². The third kappa shape index (κ3) is 5.18. The van der Waals surface area contributed by atoms with E-state index in [1.807, 2.05) is 0 Å². The van der Waals surface area contributed by atoms with Crippen LogP contribution in [-0.2, 0) is 27.8 Å². The molecule has 2 amide bonds. The average molecular weight is 440 g/mol. The van der Waals surface area contributed by atoms with E-state index in [1.165, 1.54) is 25.3 Å². The maximum Gasteiger partial charge on any atom is 0.397 e. The summed E-state index contributed by atoms with van der Waals surface area (Å²) in [4.78, 5) is 39.7. The van der Waals surface area contributed by atoms with Gasteiger partial charge < -0.3 is 4.74 Å². The van der Waals surface area contributed by atoms with Crippen LogP contribution in [0.1, 0.15) is 27.9 Å². The van der Waals surface area contributed by atoms with Crippen molar-refractivity contribution in [3.8, 4) is 0 Å². The number of nitrogens with zero attached hydrogens (tertiary/aromatic N) is 3. The van der Waals surface area contributed by atoms with Crippen LogP contribution >= 0.6 is 11.3 Å². The fraction of sp³-hybridized carbons (Fsp3) is 0.474. The molecule has 0 aliphatic rings. The molecular weight excluding hydrogens is 413 g/mol. The number of imide groups is 1. The molecule has 0 spiro atoms. The number of carbonyl (C=O) groups is 3. The predicted octanol–water partition coefficient (Wildman–Crippen LogP) is 3.55. The van der Waals surface area contributed by atoms with Crippen molar-refractivity contribution in [2.24, 2.45) is 7.05 Å². The van der Waals surface area contributed by atoms with Gasteiger partial charge in [0.05, 0.1) is 18.0 Å². The minimum Gasteiger partial charge on any atom is -0.459 e. The highest BCUT2D eigenvalue weighted by atomic mass is 32.1. The zero-order chi connectivity index (χ0) is 21.9. The van der Waals surface area contributed by atoms with E-state index in [-0.39, 0.29) is 17.9 Å². The molecule has 29 heavy (non-hydrogen) atoms. The molecule has 0 atom stereocenters. The molecule has 0 saturated carbocycles. The first-order valence-corrected chi connectivity index (χ1v) is 13.9. The second-order valence-corrected chi connectivity index (χ2v) is 14.5. The summed E-state index contributed by atoms with van der Waals surface area (Å²) < 4.78 is 20.3. The molecule has 0 bridgehead atoms. The minimum absolute atomic E-state index is 0.0149. The molecule has 2 aromatic heterocycles. The number of halogens is 1. The lowest BCUT2D eigenvalue weighted by Crippen LogP contribution is -2.43. The number of ether oxygens (including phenoxy) is 1. The Bertz CT molecular complexity index is 933. The first-order valence-electron chi connectivity index (χ1n) is 9.29. The second-order valence-electron chi connectivity index (χ2n) is 7.83. The van der Waals surface area contributed by atoms with Gasteiger partial charge in [-0.05, 0) is 31.7 Å². The first-order chi connectivity index (χ1) is 13.5. The van der Waals surface area contributed by atoms with Crippen LogP contribution in [0.4, 0.5) is 10.1 Å². The summed E-state index contributed by atoms with van der Waals surface area (Å²) >= 11 is 1.40. The van der Waals surface area contributed by atoms with Gasteiger partial charge in [0.25, 0.3) is 5.91 Å². The third-order valence-electron chi connectivity index (χ3n) is 4.29. The number of rotatable bonds is 6. The summed E-state index contributed by atoms with van der Waals surface area (Å²) in [5, 5.41) is 5.65. The van der Waals surface area contributed by atoms with Crippen molar-refractivity contribution in [3.05, 3.63) is 33.5 Å². The van der Waals surface area contributed by atoms with Gasteiger partial charge in [0.2, 0.25) is 5.95 Å². The zero-order valence-corrected chi connectivity index (χ0v) is 19.4. The molecule has 0 unspecified atom stereocenters. The number of hydrogen-bond donors (Lipinski definition) is 0. The maximum atomic E-state index is 14.5. The smallest absolute Gasteiger partial charge is 0.397 e. The zero-order valence-electron chi connectivity index (χ0n) is 17.5. The lowest BCUT2D eigenvalue weighted by Gasteiger charge is -2.21. The third-order valence-corrected chi connectivity index (χ3v) is 7.01. The summed E-state index contributed by atoms with van der Waals surface area (Å²) in [6.07, 6.45) is 0.664. The van der Waals surface area contributed by atoms with Crippen LogP contribution in [0.5, 0.6) is 0 Å². The SMILES string of the molecule is CCOC(=O)C(=O)N(C(=O)c1c(C)nn(C)c1F)c1ccsc1CC[Si](C)(C)C. The Morgan fingerprint density at radius 1 is 1.31 bits per heavy atom. The molecule has 0 saturated heterocycles. The van der Waals surface area contributed by atoms with E-state index in [0.717, 1.165) is 20.5 Å². The Balaban J connectivity index is 2.53. The molecule has 2 rings (SSSR count). The molecule has 7 nitrogen and oxygen atoms in total. The van der Waals surface area contributed by atoms with E-state index >= 15 is 0 Å². The van der Waals surface area contributed by atoms with Crippen molar-refractivity contribution in [2.75, 3.05) is 11.5 Å². The Morgan fingerprint density at radius 2 is 1.97 bits per heavy atom. The second kappa shape index (κ2) is 9.00. The van der Waals surface area contributed by atoms with Crippen molar-refractivity contribution in [2.45, 2.75) is 46.0 Å². The van der Waals surface area contributed by atoms with Crippen LogP contribution in [0.3, 0.4) is 0 Å². The molecule has 158 valence electrons. The number of anilines is 1. The van der Waals surface area contributed by atoms with Gasteiger partial charge >= 0.3 is 11.9 Å². The fourth-order valence-electron chi connectivity index (χ4n) is 2.79. The lowest BCUT2D eigenvalue weighted by atomic mass is 10.2. The number of carbonyl (C=O) groups excluding carboxylic acids is 3. The van der Waals surface area contributed by atoms with Gasteiger partial charge in [0, 0.05) is 20.0 Å². The van der Waals surface area contributed by atoms with Gasteiger partial charge in [-0.1, -0.05) is 25.7 Å². The van der Waals surface area contributed by atoms with Crippen LogP contribution in [0.25, 0.3) is 0 Å². The van der Waals surface area contributed by atoms with Crippen molar-refractivity contribution in [1.82, 2.24) is 9.78 Å². The number of hydrogen-bond acceptors (Lipinski definition) is 6. The average Bonchev–Trinajstić information content (AvgIpc) is 3.17. The molecule has 10 heteroatoms. The highest BCUT2D eigenvalue weighted by Gasteiger charge is 2.36. The summed E-state index contributed by atoms with van der Waals surface area (Å²) in [6, 6.07) is 2.54. The van der Waals surface area contributed by atoms with E-state index in [2.05, 4.69) is 24.7 Å². The Labute approximate surface area is 174 Å². The molecule has 0 N–H and O–H groups in total. The van der Waals surface area contributed by atoms with Crippen molar-refractivity contribution in [3.63, 3.8) is 0 Å². The van der Waals surface area contributed by atoms with Crippen LogP contribution in [0.15, 0.2) is 11.4 Å². The van der Waals surface area contributed by atoms with Crippen molar-refractivity contribution < 1.29 is 23.5 Å². The molecule has 0 aliphatic heterocycles. The molecule has 0 aromatic carbocycles. The number of amides is 2. The number of esters is 1. The fourth-order valence-corrected chi connectivity index (χ4v) is 4.83. The highest BCUT2D eigenvalue weighted by molar-refractivity contribution is 7.10. The monoisotopic (exact) mass is 439 g/mol. The standard InChI is InChI=1S/C19H26FN3O4SSi/c1-7-27-19(26)18(25)23(17(24)15-12(2)21-22(3)16(15)20)13-8-10-28-14(13)9-11-29(4,5)6/h8,10H,7,9,11H2,1-6H3. The Kier molecular flexibility index (Phi) is 7.12. The van der Waals surface area contributed by atoms with E-state index in [1.54, 1.807) is 18.4 Å². The minimum atomic E-state index is -1.39. The topological polar surface area (TPSA) is 81.5 Å². The molecule has 2 aromatic rings. The highest BCUT2D eigenvalue weighted by Crippen LogP contribution is 2.31. The van der Waals surface area contributed by atoms with Gasteiger partial charge in [0.1, 0.15) is 5.56 Å². The number of thiophene rings is 1. The first kappa shape index (κ1) is 23.0. The van der Waals surface area contributed by atoms with Gasteiger partial charge in [-0.25, -0.2) is 14.4 Å². The van der Waals surface area contributed by atoms with Crippen LogP contribution < -0.4 is 4.90 Å². The molecule has 0 radical (unpaired) electrons. The maximum absolute atomic E-state index is 14.5. The van der Waals surface area contributed by atoms with Gasteiger partial charge in [-0.15, -0.1) is 11.3 Å². The molecule has 2 heterocycles. The van der Waals surface area contributed by atoms with Crippen LogP contribution in [0, 0.1) is 12.9 Å². The number of aromatic nitrogens is 2. The Hall–Kier alpha value is -2.33. The quantitative estimate of drug-likeness (QED) is 0.391. The van der Waals surface area contributed by atoms with Gasteiger partial charge in [-0.3, -0.25) is 9.59 Å². The van der Waals surface area contributed by atoms with Crippen LogP contribution in [0.2, 0.25) is 25.7 Å². The van der Waals surface area contributed by atoms with E-state index < -0.39 is 31.8 Å². The largest absolute Gasteiger partial charge is 0.459 e. The summed E-state index contributed by atoms with van der Waals surface area (Å²) in [7, 11) is -0.0234. The van der Waals surface area contributed by atoms with Gasteiger partial charge in [-0.2, -0.15) is 9.49 Å². The van der Waals surface area contributed by atoms with E-state index in [4.69, 9.17) is 4.74 Å². The lowest BCUT2D eigenvalue weighted by molar-refractivity contribution is -0.153. The summed E-state index contributed by atoms with van der Waals surface area (Å²) in [5.74, 6) is -4.11. The summed E-state index contributed by atoms with van der Waals surface area (Å²) in [6.45, 7) is 9.69. The predicted molar refractivity (Wildman–Crippen MR) is 113 cm³/mol. The number of aryl methyl sites for hydroxylation is 3. The molecule has 0 aliphatic carbocycles. The molecule has 0 fully saturated rings. The van der Waals surface area contributed by atoms with E-state index in [9.17, 15) is 18.8 Å². The Morgan fingerprint density at radius 3 is 2.48 bits per heavy atom.